The van der Waals surface area contributed by atoms with Crippen LogP contribution in [0.3, 0.4) is 0 Å². The van der Waals surface area contributed by atoms with Crippen LogP contribution in [-0.2, 0) is 9.53 Å². The van der Waals surface area contributed by atoms with Crippen molar-refractivity contribution >= 4 is 40.6 Å². The zero-order chi connectivity index (χ0) is 23.3. The summed E-state index contributed by atoms with van der Waals surface area (Å²) in [5.74, 6) is -2.03. The summed E-state index contributed by atoms with van der Waals surface area (Å²) in [5.41, 5.74) is -2.26. The number of hydrogen-bond acceptors (Lipinski definition) is 10. The van der Waals surface area contributed by atoms with E-state index in [0.717, 1.165) is 19.1 Å². The highest BCUT2D eigenvalue weighted by Gasteiger charge is 2.27. The van der Waals surface area contributed by atoms with Crippen LogP contribution in [0.5, 0.6) is 0 Å². The molecule has 2 aromatic rings. The average Bonchev–Trinajstić information content (AvgIpc) is 2.71. The summed E-state index contributed by atoms with van der Waals surface area (Å²) in [7, 11) is 0. The fourth-order valence-electron chi connectivity index (χ4n) is 2.39. The van der Waals surface area contributed by atoms with E-state index in [1.807, 2.05) is 0 Å². The molecule has 0 aliphatic heterocycles. The van der Waals surface area contributed by atoms with Gasteiger partial charge in [0.05, 0.1) is 30.6 Å². The number of nitro groups is 3. The quantitative estimate of drug-likeness (QED) is 0.143. The first-order valence-corrected chi connectivity index (χ1v) is 9.12. The third-order valence-corrected chi connectivity index (χ3v) is 5.11. The molecule has 13 heteroatoms. The minimum atomic E-state index is -1.22. The number of non-ortho nitro benzene ring substituents is 1. The fraction of sp³-hybridized carbons (Fsp3) is 0.111. The molecule has 0 unspecified atom stereocenters. The van der Waals surface area contributed by atoms with E-state index in [9.17, 15) is 39.9 Å². The number of benzene rings is 2. The van der Waals surface area contributed by atoms with E-state index >= 15 is 0 Å². The van der Waals surface area contributed by atoms with Crippen LogP contribution in [0.25, 0.3) is 0 Å². The number of carbonyl (C=O) groups excluding carboxylic acids is 2. The van der Waals surface area contributed by atoms with Gasteiger partial charge < -0.3 is 4.74 Å². The zero-order valence-electron chi connectivity index (χ0n) is 16.0. The van der Waals surface area contributed by atoms with Crippen molar-refractivity contribution in [2.75, 3.05) is 0 Å². The van der Waals surface area contributed by atoms with Crippen LogP contribution in [-0.4, -0.2) is 26.5 Å². The van der Waals surface area contributed by atoms with Gasteiger partial charge in [-0.2, -0.15) is 0 Å². The lowest BCUT2D eigenvalue weighted by Gasteiger charge is -2.10. The van der Waals surface area contributed by atoms with Gasteiger partial charge in [0.15, 0.2) is 5.78 Å². The summed E-state index contributed by atoms with van der Waals surface area (Å²) < 4.78 is 5.08. The van der Waals surface area contributed by atoms with Crippen LogP contribution in [0, 0.1) is 30.3 Å². The minimum absolute atomic E-state index is 0.120. The molecule has 31 heavy (non-hydrogen) atoms. The Morgan fingerprint density at radius 1 is 0.871 bits per heavy atom. The summed E-state index contributed by atoms with van der Waals surface area (Å²) >= 11 is 0.702. The Morgan fingerprint density at radius 2 is 1.48 bits per heavy atom. The van der Waals surface area contributed by atoms with Gasteiger partial charge in [0, 0.05) is 12.1 Å². The third-order valence-electron chi connectivity index (χ3n) is 3.77. The van der Waals surface area contributed by atoms with E-state index in [4.69, 9.17) is 4.74 Å². The summed E-state index contributed by atoms with van der Waals surface area (Å²) in [6.45, 7) is 2.40. The van der Waals surface area contributed by atoms with E-state index in [0.29, 0.717) is 17.8 Å². The van der Waals surface area contributed by atoms with Gasteiger partial charge in [-0.15, -0.1) is 0 Å². The van der Waals surface area contributed by atoms with Crippen molar-refractivity contribution in [1.82, 2.24) is 0 Å². The number of esters is 1. The number of para-hydroxylation sites is 1. The van der Waals surface area contributed by atoms with Crippen LogP contribution < -0.4 is 0 Å². The first kappa shape index (κ1) is 23.2. The van der Waals surface area contributed by atoms with E-state index in [-0.39, 0.29) is 21.2 Å². The van der Waals surface area contributed by atoms with Crippen LogP contribution in [0.1, 0.15) is 24.2 Å². The van der Waals surface area contributed by atoms with Gasteiger partial charge in [-0.25, -0.2) is 4.79 Å². The number of Topliss-reactive ketones (excluding diaryl/α,β-unsaturated/α-hetero) is 1. The zero-order valence-corrected chi connectivity index (χ0v) is 16.8. The second kappa shape index (κ2) is 9.58. The first-order chi connectivity index (χ1) is 14.5. The lowest BCUT2D eigenvalue weighted by molar-refractivity contribution is -0.394. The number of ketones is 1. The van der Waals surface area contributed by atoms with E-state index < -0.39 is 43.5 Å². The highest BCUT2D eigenvalue weighted by atomic mass is 32.2. The molecule has 0 saturated carbocycles. The van der Waals surface area contributed by atoms with Crippen molar-refractivity contribution < 1.29 is 29.1 Å². The maximum atomic E-state index is 12.5. The molecule has 160 valence electrons. The van der Waals surface area contributed by atoms with Crippen molar-refractivity contribution in [3.05, 3.63) is 89.0 Å². The Kier molecular flexibility index (Phi) is 7.15. The molecule has 0 radical (unpaired) electrons. The predicted molar refractivity (Wildman–Crippen MR) is 108 cm³/mol. The summed E-state index contributed by atoms with van der Waals surface area (Å²) in [6.07, 6.45) is 0. The average molecular weight is 447 g/mol. The highest BCUT2D eigenvalue weighted by molar-refractivity contribution is 8.04. The van der Waals surface area contributed by atoms with Gasteiger partial charge >= 0.3 is 5.97 Å². The highest BCUT2D eigenvalue weighted by Crippen LogP contribution is 2.36. The molecule has 0 aliphatic carbocycles. The topological polar surface area (TPSA) is 173 Å². The van der Waals surface area contributed by atoms with E-state index in [1.165, 1.54) is 31.2 Å². The molecule has 0 amide bonds. The smallest absolute Gasteiger partial charge is 0.350 e. The number of nitro benzene ring substituents is 3. The molecule has 12 nitrogen and oxygen atoms in total. The first-order valence-electron chi connectivity index (χ1n) is 8.31. The number of carbonyl (C=O) groups is 2. The van der Waals surface area contributed by atoms with Gasteiger partial charge in [0.25, 0.3) is 17.1 Å². The molecule has 0 aliphatic rings. The number of thioether (sulfide) groups is 1. The van der Waals surface area contributed by atoms with Crippen molar-refractivity contribution in [2.24, 2.45) is 0 Å². The van der Waals surface area contributed by atoms with Crippen molar-refractivity contribution in [1.29, 1.82) is 0 Å². The monoisotopic (exact) mass is 447 g/mol. The number of hydrogen-bond donors (Lipinski definition) is 0. The van der Waals surface area contributed by atoms with Crippen LogP contribution >= 0.6 is 11.8 Å². The van der Waals surface area contributed by atoms with Crippen LogP contribution in [0.15, 0.2) is 58.0 Å². The number of rotatable bonds is 8. The second-order valence-corrected chi connectivity index (χ2v) is 6.93. The lowest BCUT2D eigenvalue weighted by atomic mass is 10.1. The van der Waals surface area contributed by atoms with Crippen molar-refractivity contribution in [2.45, 2.75) is 18.7 Å². The maximum Gasteiger partial charge on any atom is 0.350 e. The Morgan fingerprint density at radius 3 is 2.03 bits per heavy atom. The van der Waals surface area contributed by atoms with Crippen molar-refractivity contribution in [3.8, 4) is 0 Å². The Balaban J connectivity index is 2.42. The molecule has 0 heterocycles. The Labute approximate surface area is 178 Å². The van der Waals surface area contributed by atoms with Crippen molar-refractivity contribution in [3.63, 3.8) is 0 Å². The number of nitrogens with zero attached hydrogens (tertiary/aromatic N) is 3. The van der Waals surface area contributed by atoms with E-state index in [1.54, 1.807) is 0 Å². The molecule has 0 spiro atoms. The molecule has 0 N–H and O–H groups in total. The SMILES string of the molecule is CC(=O)/C(Sc1ccccc1[N+](=O)[O-])=C(/C)OC(=O)c1ccc([N+](=O)[O-])cc1[N+](=O)[O-]. The normalized spacial score (nSPS) is 11.3. The standard InChI is InChI=1S/C18H13N3O9S/c1-10(22)17(31-16-6-4-3-5-14(16)20(26)27)11(2)30-18(23)13-8-7-12(19(24)25)9-15(13)21(28)29/h3-9H,1-2H3/b17-11+. The lowest BCUT2D eigenvalue weighted by Crippen LogP contribution is -2.10. The molecular weight excluding hydrogens is 434 g/mol. The molecule has 0 fully saturated rings. The third kappa shape index (κ3) is 5.48. The van der Waals surface area contributed by atoms with Crippen LogP contribution in [0.4, 0.5) is 17.1 Å². The van der Waals surface area contributed by atoms with Gasteiger partial charge in [-0.3, -0.25) is 35.1 Å². The Hall–Kier alpha value is -4.13. The van der Waals surface area contributed by atoms with Gasteiger partial charge in [0.1, 0.15) is 11.3 Å². The van der Waals surface area contributed by atoms with Gasteiger partial charge in [-0.05, 0) is 26.0 Å². The minimum Gasteiger partial charge on any atom is -0.426 e. The van der Waals surface area contributed by atoms with Gasteiger partial charge in [0.2, 0.25) is 0 Å². The summed E-state index contributed by atoms with van der Waals surface area (Å²) in [6, 6.07) is 7.99. The van der Waals surface area contributed by atoms with Crippen LogP contribution in [0.2, 0.25) is 0 Å². The molecule has 0 saturated heterocycles. The largest absolute Gasteiger partial charge is 0.426 e. The molecular formula is C18H13N3O9S. The molecule has 0 atom stereocenters. The van der Waals surface area contributed by atoms with E-state index in [2.05, 4.69) is 0 Å². The molecule has 0 bridgehead atoms. The number of allylic oxidation sites excluding steroid dienone is 2. The predicted octanol–water partition coefficient (Wildman–Crippen LogP) is 4.18. The molecule has 2 rings (SSSR count). The Bertz CT molecular complexity index is 1140. The summed E-state index contributed by atoms with van der Waals surface area (Å²) in [5, 5.41) is 33.2. The number of ether oxygens (including phenoxy) is 1. The maximum absolute atomic E-state index is 12.5. The molecule has 0 aromatic heterocycles. The van der Waals surface area contributed by atoms with Gasteiger partial charge in [-0.1, -0.05) is 23.9 Å². The summed E-state index contributed by atoms with van der Waals surface area (Å²) in [4.78, 5) is 55.2. The molecule has 2 aromatic carbocycles. The second-order valence-electron chi connectivity index (χ2n) is 5.87. The fourth-order valence-corrected chi connectivity index (χ4v) is 3.34.